The lowest BCUT2D eigenvalue weighted by Gasteiger charge is -2.18. The Morgan fingerprint density at radius 1 is 0.962 bits per heavy atom. The number of fused-ring (bicyclic) bond motifs is 1. The molecule has 1 unspecified atom stereocenters. The van der Waals surface area contributed by atoms with Crippen molar-refractivity contribution in [3.05, 3.63) is 71.8 Å². The molecule has 0 aliphatic heterocycles. The fourth-order valence-corrected chi connectivity index (χ4v) is 3.51. The Kier molecular flexibility index (Phi) is 5.23. The first-order valence-corrected chi connectivity index (χ1v) is 9.63. The highest BCUT2D eigenvalue weighted by molar-refractivity contribution is 7.83. The van der Waals surface area contributed by atoms with Gasteiger partial charge in [0.15, 0.2) is 11.0 Å². The molecule has 4 heteroatoms. The number of hydrogen-bond donors (Lipinski definition) is 0. The Bertz CT molecular complexity index is 970. The van der Waals surface area contributed by atoms with E-state index in [0.717, 1.165) is 16.3 Å². The van der Waals surface area contributed by atoms with E-state index < -0.39 is 11.0 Å². The van der Waals surface area contributed by atoms with Crippen LogP contribution in [0.3, 0.4) is 0 Å². The zero-order valence-corrected chi connectivity index (χ0v) is 16.3. The zero-order chi connectivity index (χ0) is 18.7. The first-order chi connectivity index (χ1) is 12.4. The Balaban J connectivity index is 1.92. The molecule has 0 radical (unpaired) electrons. The van der Waals surface area contributed by atoms with Crippen LogP contribution in [0, 0.1) is 0 Å². The minimum absolute atomic E-state index is 0.0691. The molecule has 134 valence electrons. The van der Waals surface area contributed by atoms with Gasteiger partial charge in [0.25, 0.3) is 0 Å². The largest absolute Gasteiger partial charge is 0.496 e. The summed E-state index contributed by atoms with van der Waals surface area (Å²) in [5, 5.41) is 2.12. The molecule has 0 N–H and O–H groups in total. The second kappa shape index (κ2) is 7.42. The van der Waals surface area contributed by atoms with E-state index in [9.17, 15) is 4.21 Å². The highest BCUT2D eigenvalue weighted by Crippen LogP contribution is 2.27. The van der Waals surface area contributed by atoms with Gasteiger partial charge in [0, 0.05) is 11.8 Å². The van der Waals surface area contributed by atoms with Gasteiger partial charge in [-0.3, -0.25) is 0 Å². The van der Waals surface area contributed by atoms with Crippen molar-refractivity contribution in [3.8, 4) is 5.75 Å². The molecule has 0 amide bonds. The van der Waals surface area contributed by atoms with Crippen LogP contribution >= 0.6 is 0 Å². The first-order valence-electron chi connectivity index (χ1n) is 8.52. The minimum atomic E-state index is -1.46. The second-order valence-corrected chi connectivity index (χ2v) is 8.34. The number of ether oxygens (including phenoxy) is 1. The molecule has 0 aliphatic rings. The number of rotatable bonds is 4. The van der Waals surface area contributed by atoms with E-state index in [1.165, 1.54) is 5.56 Å². The van der Waals surface area contributed by atoms with E-state index in [-0.39, 0.29) is 5.41 Å². The molecule has 3 rings (SSSR count). The quantitative estimate of drug-likeness (QED) is 0.589. The lowest BCUT2D eigenvalue weighted by atomic mass is 9.87. The molecule has 3 nitrogen and oxygen atoms in total. The molecule has 1 atom stereocenters. The maximum atomic E-state index is 12.6. The van der Waals surface area contributed by atoms with Crippen molar-refractivity contribution in [1.29, 1.82) is 0 Å². The Morgan fingerprint density at radius 3 is 2.31 bits per heavy atom. The Hall–Kier alpha value is -2.46. The maximum Gasteiger partial charge on any atom is 0.172 e. The zero-order valence-electron chi connectivity index (χ0n) is 15.5. The molecule has 0 saturated heterocycles. The summed E-state index contributed by atoms with van der Waals surface area (Å²) >= 11 is 0. The van der Waals surface area contributed by atoms with Crippen LogP contribution in [0.5, 0.6) is 5.75 Å². The van der Waals surface area contributed by atoms with Crippen molar-refractivity contribution < 1.29 is 8.95 Å². The van der Waals surface area contributed by atoms with Crippen LogP contribution < -0.4 is 4.74 Å². The number of nitrogens with zero attached hydrogens (tertiary/aromatic N) is 1. The van der Waals surface area contributed by atoms with Gasteiger partial charge in [0.2, 0.25) is 0 Å². The van der Waals surface area contributed by atoms with Crippen molar-refractivity contribution in [2.75, 3.05) is 7.11 Å². The monoisotopic (exact) mass is 365 g/mol. The third-order valence-electron chi connectivity index (χ3n) is 4.35. The van der Waals surface area contributed by atoms with E-state index in [1.54, 1.807) is 13.3 Å². The summed E-state index contributed by atoms with van der Waals surface area (Å²) in [6.45, 7) is 6.47. The Morgan fingerprint density at radius 2 is 1.65 bits per heavy atom. The number of methoxy groups -OCH3 is 1. The van der Waals surface area contributed by atoms with Gasteiger partial charge in [-0.25, -0.2) is 4.21 Å². The van der Waals surface area contributed by atoms with Gasteiger partial charge >= 0.3 is 0 Å². The predicted molar refractivity (Wildman–Crippen MR) is 110 cm³/mol. The molecule has 0 spiro atoms. The molecule has 0 saturated carbocycles. The molecule has 0 bridgehead atoms. The van der Waals surface area contributed by atoms with Gasteiger partial charge < -0.3 is 4.74 Å². The lowest BCUT2D eigenvalue weighted by Crippen LogP contribution is -2.10. The van der Waals surface area contributed by atoms with E-state index in [2.05, 4.69) is 25.2 Å². The van der Waals surface area contributed by atoms with Crippen molar-refractivity contribution >= 4 is 28.0 Å². The smallest absolute Gasteiger partial charge is 0.172 e. The van der Waals surface area contributed by atoms with Crippen molar-refractivity contribution in [3.63, 3.8) is 0 Å². The molecular formula is C22H23NO2S. The van der Waals surface area contributed by atoms with E-state index >= 15 is 0 Å². The van der Waals surface area contributed by atoms with Crippen molar-refractivity contribution in [1.82, 2.24) is 0 Å². The number of benzene rings is 3. The van der Waals surface area contributed by atoms with E-state index in [4.69, 9.17) is 4.74 Å². The predicted octanol–water partition coefficient (Wildman–Crippen LogP) is 5.29. The molecule has 3 aromatic rings. The van der Waals surface area contributed by atoms with Crippen LogP contribution in [0.15, 0.2) is 70.0 Å². The van der Waals surface area contributed by atoms with Gasteiger partial charge in [0.1, 0.15) is 5.75 Å². The van der Waals surface area contributed by atoms with Crippen LogP contribution in [0.1, 0.15) is 31.9 Å². The number of hydrogen-bond acceptors (Lipinski definition) is 2. The van der Waals surface area contributed by atoms with Crippen LogP contribution in [-0.4, -0.2) is 17.5 Å². The average molecular weight is 365 g/mol. The SMILES string of the molecule is COc1ccc2ccccc2c1/C=N/S(=O)c1ccc(C(C)(C)C)cc1. The molecule has 0 aliphatic carbocycles. The summed E-state index contributed by atoms with van der Waals surface area (Å²) < 4.78 is 22.3. The third kappa shape index (κ3) is 3.86. The third-order valence-corrected chi connectivity index (χ3v) is 5.32. The van der Waals surface area contributed by atoms with Crippen molar-refractivity contribution in [2.24, 2.45) is 4.40 Å². The highest BCUT2D eigenvalue weighted by Gasteiger charge is 2.14. The molecule has 0 aromatic heterocycles. The average Bonchev–Trinajstić information content (AvgIpc) is 2.65. The standard InChI is InChI=1S/C22H23NO2S/c1-22(2,3)17-10-12-18(13-11-17)26(24)23-15-20-19-8-6-5-7-16(19)9-14-21(20)25-4/h5-15H,1-4H3/b23-15+. The van der Waals surface area contributed by atoms with Gasteiger partial charge in [-0.1, -0.05) is 63.2 Å². The second-order valence-electron chi connectivity index (χ2n) is 7.16. The Labute approximate surface area is 157 Å². The minimum Gasteiger partial charge on any atom is -0.496 e. The molecule has 3 aromatic carbocycles. The van der Waals surface area contributed by atoms with Gasteiger partial charge in [-0.15, -0.1) is 0 Å². The molecular weight excluding hydrogens is 342 g/mol. The topological polar surface area (TPSA) is 38.7 Å². The summed E-state index contributed by atoms with van der Waals surface area (Å²) in [7, 11) is 0.170. The van der Waals surface area contributed by atoms with Gasteiger partial charge in [-0.05, 0) is 39.9 Å². The van der Waals surface area contributed by atoms with Crippen LogP contribution in [0.4, 0.5) is 0 Å². The van der Waals surface area contributed by atoms with Gasteiger partial charge in [-0.2, -0.15) is 4.40 Å². The fraction of sp³-hybridized carbons (Fsp3) is 0.227. The normalized spacial score (nSPS) is 13.2. The summed E-state index contributed by atoms with van der Waals surface area (Å²) in [5.41, 5.74) is 2.11. The molecule has 26 heavy (non-hydrogen) atoms. The summed E-state index contributed by atoms with van der Waals surface area (Å²) in [5.74, 6) is 0.715. The summed E-state index contributed by atoms with van der Waals surface area (Å²) in [6.07, 6.45) is 1.65. The van der Waals surface area contributed by atoms with E-state index in [1.807, 2.05) is 60.7 Å². The van der Waals surface area contributed by atoms with Crippen LogP contribution in [0.2, 0.25) is 0 Å². The van der Waals surface area contributed by atoms with Crippen LogP contribution in [0.25, 0.3) is 10.8 Å². The summed E-state index contributed by atoms with van der Waals surface area (Å²) in [6, 6.07) is 19.7. The molecule has 0 fully saturated rings. The van der Waals surface area contributed by atoms with Crippen LogP contribution in [-0.2, 0) is 16.4 Å². The highest BCUT2D eigenvalue weighted by atomic mass is 32.2. The maximum absolute atomic E-state index is 12.6. The fourth-order valence-electron chi connectivity index (χ4n) is 2.82. The van der Waals surface area contributed by atoms with Gasteiger partial charge in [0.05, 0.1) is 12.0 Å². The lowest BCUT2D eigenvalue weighted by molar-refractivity contribution is 0.415. The van der Waals surface area contributed by atoms with E-state index in [0.29, 0.717) is 10.6 Å². The summed E-state index contributed by atoms with van der Waals surface area (Å²) in [4.78, 5) is 0.688. The first kappa shape index (κ1) is 18.3. The van der Waals surface area contributed by atoms with Crippen molar-refractivity contribution in [2.45, 2.75) is 31.1 Å². The molecule has 0 heterocycles.